The number of alkyl halides is 2. The monoisotopic (exact) mass is 384 g/mol. The van der Waals surface area contributed by atoms with Gasteiger partial charge in [-0.05, 0) is 74.8 Å². The molecule has 0 saturated heterocycles. The van der Waals surface area contributed by atoms with E-state index in [1.165, 1.54) is 54.1 Å². The van der Waals surface area contributed by atoms with Crippen molar-refractivity contribution in [3.05, 3.63) is 29.6 Å². The maximum absolute atomic E-state index is 14.6. The van der Waals surface area contributed by atoms with E-state index < -0.39 is 17.8 Å². The molecule has 0 bridgehead atoms. The van der Waals surface area contributed by atoms with E-state index >= 15 is 0 Å². The molecule has 146 valence electrons. The van der Waals surface area contributed by atoms with Crippen LogP contribution in [0.25, 0.3) is 0 Å². The van der Waals surface area contributed by atoms with Crippen LogP contribution in [0.15, 0.2) is 18.2 Å². The van der Waals surface area contributed by atoms with Gasteiger partial charge < -0.3 is 4.74 Å². The van der Waals surface area contributed by atoms with Gasteiger partial charge in [0, 0.05) is 16.3 Å². The van der Waals surface area contributed by atoms with E-state index in [1.807, 2.05) is 0 Å². The van der Waals surface area contributed by atoms with Crippen molar-refractivity contribution >= 4 is 10.2 Å². The highest BCUT2D eigenvalue weighted by molar-refractivity contribution is 6.08. The molecule has 2 saturated carbocycles. The summed E-state index contributed by atoms with van der Waals surface area (Å²) in [7, 11) is 1.29. The Morgan fingerprint density at radius 2 is 1.58 bits per heavy atom. The second-order valence-corrected chi connectivity index (χ2v) is 9.19. The second kappa shape index (κ2) is 8.36. The first kappa shape index (κ1) is 19.8. The average Bonchev–Trinajstić information content (AvgIpc) is 2.65. The van der Waals surface area contributed by atoms with Gasteiger partial charge in [-0.1, -0.05) is 25.0 Å². The molecule has 0 unspecified atom stereocenters. The van der Waals surface area contributed by atoms with Gasteiger partial charge in [0.05, 0.1) is 5.92 Å². The van der Waals surface area contributed by atoms with E-state index in [9.17, 15) is 13.2 Å². The first-order chi connectivity index (χ1) is 12.4. The molecule has 0 atom stereocenters. The van der Waals surface area contributed by atoms with Gasteiger partial charge in [-0.2, -0.15) is 8.78 Å². The van der Waals surface area contributed by atoms with Gasteiger partial charge in [-0.25, -0.2) is 4.39 Å². The standard InChI is InChI=1S/C21H31F3OSi/c1-14-2-11-19(12-20(14)22)25-21(23,24)18-9-7-17(8-10-18)16-5-3-15(13-26)4-6-16/h2,11-12,15-18H,3-10,13H2,1,26H3. The predicted molar refractivity (Wildman–Crippen MR) is 102 cm³/mol. The van der Waals surface area contributed by atoms with Crippen LogP contribution in [0.5, 0.6) is 5.75 Å². The Morgan fingerprint density at radius 1 is 1.00 bits per heavy atom. The molecular weight excluding hydrogens is 353 g/mol. The Morgan fingerprint density at radius 3 is 2.12 bits per heavy atom. The maximum Gasteiger partial charge on any atom is 0.400 e. The molecule has 5 heteroatoms. The molecule has 1 aromatic rings. The van der Waals surface area contributed by atoms with Crippen LogP contribution in [-0.4, -0.2) is 16.4 Å². The topological polar surface area (TPSA) is 9.23 Å². The molecule has 0 aromatic heterocycles. The molecule has 1 nitrogen and oxygen atoms in total. The fourth-order valence-electron chi connectivity index (χ4n) is 4.87. The average molecular weight is 385 g/mol. The van der Waals surface area contributed by atoms with E-state index in [0.29, 0.717) is 24.3 Å². The Bertz CT molecular complexity index is 591. The number of benzene rings is 1. The Kier molecular flexibility index (Phi) is 6.36. The number of hydrogen-bond donors (Lipinski definition) is 0. The van der Waals surface area contributed by atoms with Crippen LogP contribution in [0.2, 0.25) is 6.04 Å². The van der Waals surface area contributed by atoms with Gasteiger partial charge in [0.2, 0.25) is 0 Å². The molecule has 2 aliphatic rings. The first-order valence-corrected chi connectivity index (χ1v) is 11.6. The summed E-state index contributed by atoms with van der Waals surface area (Å²) in [5, 5.41) is 0. The number of hydrogen-bond acceptors (Lipinski definition) is 1. The molecule has 2 fully saturated rings. The quantitative estimate of drug-likeness (QED) is 0.609. The normalized spacial score (nSPS) is 30.3. The van der Waals surface area contributed by atoms with Gasteiger partial charge in [0.1, 0.15) is 11.6 Å². The maximum atomic E-state index is 14.6. The minimum Gasteiger partial charge on any atom is -0.432 e. The van der Waals surface area contributed by atoms with Crippen LogP contribution in [0.3, 0.4) is 0 Å². The lowest BCUT2D eigenvalue weighted by Gasteiger charge is -2.39. The van der Waals surface area contributed by atoms with Crippen LogP contribution < -0.4 is 4.74 Å². The van der Waals surface area contributed by atoms with Crippen molar-refractivity contribution in [1.82, 2.24) is 0 Å². The summed E-state index contributed by atoms with van der Waals surface area (Å²) in [6.45, 7) is 1.61. The SMILES string of the molecule is Cc1ccc(OC(F)(F)C2CCC(C3CCC(C[SiH3])CC3)CC2)cc1F. The molecule has 0 aliphatic heterocycles. The van der Waals surface area contributed by atoms with Gasteiger partial charge in [-0.3, -0.25) is 0 Å². The first-order valence-electron chi connectivity index (χ1n) is 10.2. The molecule has 0 spiro atoms. The van der Waals surface area contributed by atoms with E-state index in [0.717, 1.165) is 30.7 Å². The van der Waals surface area contributed by atoms with Crippen LogP contribution in [0.4, 0.5) is 13.2 Å². The van der Waals surface area contributed by atoms with Gasteiger partial charge >= 0.3 is 6.11 Å². The summed E-state index contributed by atoms with van der Waals surface area (Å²) in [6.07, 6.45) is 4.80. The van der Waals surface area contributed by atoms with Crippen molar-refractivity contribution < 1.29 is 17.9 Å². The second-order valence-electron chi connectivity index (χ2n) is 8.38. The number of halogens is 3. The largest absolute Gasteiger partial charge is 0.432 e. The van der Waals surface area contributed by atoms with Gasteiger partial charge in [0.25, 0.3) is 0 Å². The smallest absolute Gasteiger partial charge is 0.400 e. The molecule has 0 heterocycles. The summed E-state index contributed by atoms with van der Waals surface area (Å²) < 4.78 is 47.6. The minimum atomic E-state index is -3.23. The number of aryl methyl sites for hydroxylation is 1. The van der Waals surface area contributed by atoms with Crippen LogP contribution in [-0.2, 0) is 0 Å². The molecule has 0 amide bonds. The van der Waals surface area contributed by atoms with Crippen molar-refractivity contribution in [2.24, 2.45) is 23.7 Å². The molecule has 0 radical (unpaired) electrons. The third kappa shape index (κ3) is 4.65. The zero-order valence-electron chi connectivity index (χ0n) is 15.9. The Labute approximate surface area is 158 Å². The Hall–Kier alpha value is -0.973. The van der Waals surface area contributed by atoms with E-state index in [2.05, 4.69) is 0 Å². The molecule has 26 heavy (non-hydrogen) atoms. The van der Waals surface area contributed by atoms with Crippen molar-refractivity contribution in [3.63, 3.8) is 0 Å². The lowest BCUT2D eigenvalue weighted by atomic mass is 9.69. The number of ether oxygens (including phenoxy) is 1. The van der Waals surface area contributed by atoms with E-state index in [4.69, 9.17) is 4.74 Å². The van der Waals surface area contributed by atoms with E-state index in [-0.39, 0.29) is 5.75 Å². The van der Waals surface area contributed by atoms with Crippen molar-refractivity contribution in [2.45, 2.75) is 70.4 Å². The summed E-state index contributed by atoms with van der Waals surface area (Å²) in [5.41, 5.74) is 0.432. The molecular formula is C21H31F3OSi. The molecule has 0 N–H and O–H groups in total. The van der Waals surface area contributed by atoms with Crippen LogP contribution in [0.1, 0.15) is 56.9 Å². The zero-order valence-corrected chi connectivity index (χ0v) is 17.9. The van der Waals surface area contributed by atoms with Crippen molar-refractivity contribution in [3.8, 4) is 5.75 Å². The minimum absolute atomic E-state index is 0.0818. The lowest BCUT2D eigenvalue weighted by molar-refractivity contribution is -0.224. The fraction of sp³-hybridized carbons (Fsp3) is 0.714. The van der Waals surface area contributed by atoms with Gasteiger partial charge in [0.15, 0.2) is 0 Å². The van der Waals surface area contributed by atoms with Gasteiger partial charge in [-0.15, -0.1) is 0 Å². The highest BCUT2D eigenvalue weighted by atomic mass is 28.1. The highest BCUT2D eigenvalue weighted by Gasteiger charge is 2.45. The molecule has 1 aromatic carbocycles. The third-order valence-corrected chi connectivity index (χ3v) is 7.93. The summed E-state index contributed by atoms with van der Waals surface area (Å²) >= 11 is 0. The molecule has 2 aliphatic carbocycles. The van der Waals surface area contributed by atoms with Crippen molar-refractivity contribution in [1.29, 1.82) is 0 Å². The summed E-state index contributed by atoms with van der Waals surface area (Å²) in [5.74, 6) is 0.923. The highest BCUT2D eigenvalue weighted by Crippen LogP contribution is 2.45. The third-order valence-electron chi connectivity index (χ3n) is 6.78. The van der Waals surface area contributed by atoms with Crippen molar-refractivity contribution in [2.75, 3.05) is 0 Å². The zero-order chi connectivity index (χ0) is 18.7. The molecule has 3 rings (SSSR count). The number of rotatable bonds is 5. The lowest BCUT2D eigenvalue weighted by Crippen LogP contribution is -2.38. The van der Waals surface area contributed by atoms with Crippen LogP contribution >= 0.6 is 0 Å². The van der Waals surface area contributed by atoms with Crippen LogP contribution in [0, 0.1) is 36.4 Å². The summed E-state index contributed by atoms with van der Waals surface area (Å²) in [6, 6.07) is 5.37. The van der Waals surface area contributed by atoms with E-state index in [1.54, 1.807) is 6.92 Å². The predicted octanol–water partition coefficient (Wildman–Crippen LogP) is 5.50. The Balaban J connectivity index is 1.52. The summed E-state index contributed by atoms with van der Waals surface area (Å²) in [4.78, 5) is 0. The fourth-order valence-corrected chi connectivity index (χ4v) is 5.69.